The van der Waals surface area contributed by atoms with Crippen LogP contribution in [0.5, 0.6) is 5.75 Å². The maximum Gasteiger partial charge on any atom is 0.220 e. The van der Waals surface area contributed by atoms with E-state index in [2.05, 4.69) is 52.4 Å². The molecule has 0 atom stereocenters. The number of rotatable bonds is 3. The molecule has 106 valence electrons. The molecule has 0 bridgehead atoms. The average Bonchev–Trinajstić information content (AvgIpc) is 2.91. The Hall–Kier alpha value is -1.45. The van der Waals surface area contributed by atoms with E-state index in [1.54, 1.807) is 35.1 Å². The molecule has 0 fully saturated rings. The highest BCUT2D eigenvalue weighted by molar-refractivity contribution is 9.11. The van der Waals surface area contributed by atoms with Gasteiger partial charge < -0.3 is 5.11 Å². The van der Waals surface area contributed by atoms with Crippen LogP contribution in [0.15, 0.2) is 55.7 Å². The second-order valence-electron chi connectivity index (χ2n) is 3.93. The van der Waals surface area contributed by atoms with Crippen molar-refractivity contribution in [3.63, 3.8) is 0 Å². The summed E-state index contributed by atoms with van der Waals surface area (Å²) < 4.78 is 3.32. The fraction of sp³-hybridized carbons (Fsp3) is 0. The van der Waals surface area contributed by atoms with Gasteiger partial charge in [0.05, 0.1) is 10.2 Å². The number of hydrogen-bond donors (Lipinski definition) is 1. The number of nitrogens with zero attached hydrogens (tertiary/aromatic N) is 5. The number of tetrazole rings is 1. The van der Waals surface area contributed by atoms with Gasteiger partial charge in [-0.1, -0.05) is 0 Å². The summed E-state index contributed by atoms with van der Waals surface area (Å²) in [6, 6.07) is 8.54. The zero-order chi connectivity index (χ0) is 14.8. The topological polar surface area (TPSA) is 76.7 Å². The highest BCUT2D eigenvalue weighted by atomic mass is 79.9. The first-order chi connectivity index (χ1) is 10.1. The zero-order valence-corrected chi connectivity index (χ0v) is 14.3. The summed E-state index contributed by atoms with van der Waals surface area (Å²) in [5.74, 6) is 0.193. The Labute approximate surface area is 140 Å². The lowest BCUT2D eigenvalue weighted by Gasteiger charge is -2.05. The second-order valence-corrected chi connectivity index (χ2v) is 6.66. The van der Waals surface area contributed by atoms with Crippen molar-refractivity contribution < 1.29 is 5.11 Å². The third kappa shape index (κ3) is 3.25. The SMILES string of the molecule is Oc1ccc(-n2nnnc2Sc2ncc(Br)cc2Br)cc1. The monoisotopic (exact) mass is 427 g/mol. The summed E-state index contributed by atoms with van der Waals surface area (Å²) in [4.78, 5) is 4.32. The van der Waals surface area contributed by atoms with Gasteiger partial charge in [0.1, 0.15) is 10.8 Å². The molecule has 0 aliphatic carbocycles. The second kappa shape index (κ2) is 6.12. The van der Waals surface area contributed by atoms with Gasteiger partial charge in [0.2, 0.25) is 5.16 Å². The van der Waals surface area contributed by atoms with Crippen LogP contribution in [0.4, 0.5) is 0 Å². The van der Waals surface area contributed by atoms with Gasteiger partial charge in [0.25, 0.3) is 0 Å². The van der Waals surface area contributed by atoms with Gasteiger partial charge in [-0.25, -0.2) is 4.98 Å². The molecule has 1 N–H and O–H groups in total. The van der Waals surface area contributed by atoms with Crippen LogP contribution < -0.4 is 0 Å². The van der Waals surface area contributed by atoms with Crippen molar-refractivity contribution in [2.24, 2.45) is 0 Å². The van der Waals surface area contributed by atoms with Crippen LogP contribution in [-0.2, 0) is 0 Å². The maximum atomic E-state index is 9.33. The molecule has 21 heavy (non-hydrogen) atoms. The predicted octanol–water partition coefficient (Wildman–Crippen LogP) is 3.44. The van der Waals surface area contributed by atoms with Gasteiger partial charge in [-0.05, 0) is 84.4 Å². The molecule has 6 nitrogen and oxygen atoms in total. The normalized spacial score (nSPS) is 10.8. The van der Waals surface area contributed by atoms with E-state index < -0.39 is 0 Å². The number of aromatic nitrogens is 5. The van der Waals surface area contributed by atoms with Gasteiger partial charge in [-0.3, -0.25) is 0 Å². The third-order valence-electron chi connectivity index (χ3n) is 2.50. The minimum Gasteiger partial charge on any atom is -0.508 e. The van der Waals surface area contributed by atoms with Crippen LogP contribution in [0, 0.1) is 0 Å². The molecular weight excluding hydrogens is 422 g/mol. The van der Waals surface area contributed by atoms with E-state index in [0.717, 1.165) is 19.7 Å². The molecule has 0 aliphatic rings. The van der Waals surface area contributed by atoms with E-state index in [-0.39, 0.29) is 5.75 Å². The van der Waals surface area contributed by atoms with Crippen LogP contribution in [0.25, 0.3) is 5.69 Å². The molecule has 0 radical (unpaired) electrons. The lowest BCUT2D eigenvalue weighted by molar-refractivity contribution is 0.475. The summed E-state index contributed by atoms with van der Waals surface area (Å²) in [6.45, 7) is 0. The number of aromatic hydroxyl groups is 1. The van der Waals surface area contributed by atoms with Gasteiger partial charge >= 0.3 is 0 Å². The molecule has 0 unspecified atom stereocenters. The van der Waals surface area contributed by atoms with Gasteiger partial charge in [-0.15, -0.1) is 5.10 Å². The molecule has 0 saturated heterocycles. The maximum absolute atomic E-state index is 9.33. The molecule has 0 spiro atoms. The van der Waals surface area contributed by atoms with Crippen LogP contribution >= 0.6 is 43.6 Å². The summed E-state index contributed by atoms with van der Waals surface area (Å²) >= 11 is 8.16. The van der Waals surface area contributed by atoms with Crippen LogP contribution in [0.3, 0.4) is 0 Å². The molecule has 2 heterocycles. The standard InChI is InChI=1S/C12H7Br2N5OS/c13-7-5-10(14)11(15-6-7)21-12-16-17-18-19(12)8-1-3-9(20)4-2-8/h1-6,20H. The molecule has 2 aromatic heterocycles. The first kappa shape index (κ1) is 14.5. The van der Waals surface area contributed by atoms with E-state index >= 15 is 0 Å². The van der Waals surface area contributed by atoms with Crippen molar-refractivity contribution in [3.05, 3.63) is 45.5 Å². The minimum atomic E-state index is 0.193. The quantitative estimate of drug-likeness (QED) is 0.688. The Balaban J connectivity index is 1.94. The van der Waals surface area contributed by atoms with E-state index in [0.29, 0.717) is 5.16 Å². The van der Waals surface area contributed by atoms with E-state index in [4.69, 9.17) is 0 Å². The van der Waals surface area contributed by atoms with Crippen molar-refractivity contribution >= 4 is 43.6 Å². The number of halogens is 2. The number of pyridine rings is 1. The Morgan fingerprint density at radius 2 is 1.90 bits per heavy atom. The summed E-state index contributed by atoms with van der Waals surface area (Å²) in [7, 11) is 0. The van der Waals surface area contributed by atoms with Crippen molar-refractivity contribution in [1.29, 1.82) is 0 Å². The van der Waals surface area contributed by atoms with Crippen molar-refractivity contribution in [1.82, 2.24) is 25.2 Å². The Bertz CT molecular complexity index is 778. The third-order valence-corrected chi connectivity index (χ3v) is 4.75. The molecule has 0 saturated carbocycles. The molecule has 0 aliphatic heterocycles. The highest BCUT2D eigenvalue weighted by Gasteiger charge is 2.13. The Morgan fingerprint density at radius 3 is 2.62 bits per heavy atom. The average molecular weight is 429 g/mol. The fourth-order valence-electron chi connectivity index (χ4n) is 1.56. The lowest BCUT2D eigenvalue weighted by Crippen LogP contribution is -1.98. The Kier molecular flexibility index (Phi) is 4.22. The fourth-order valence-corrected chi connectivity index (χ4v) is 3.53. The number of phenolic OH excluding ortho intramolecular Hbond substituents is 1. The zero-order valence-electron chi connectivity index (χ0n) is 10.3. The van der Waals surface area contributed by atoms with Crippen LogP contribution in [0.1, 0.15) is 0 Å². The molecule has 3 aromatic rings. The highest BCUT2D eigenvalue weighted by Crippen LogP contribution is 2.32. The summed E-state index contributed by atoms with van der Waals surface area (Å²) in [5, 5.41) is 22.3. The minimum absolute atomic E-state index is 0.193. The number of phenols is 1. The molecule has 0 amide bonds. The lowest BCUT2D eigenvalue weighted by atomic mass is 10.3. The molecule has 3 rings (SSSR count). The molecular formula is C12H7Br2N5OS. The van der Waals surface area contributed by atoms with Crippen LogP contribution in [-0.4, -0.2) is 30.3 Å². The molecule has 9 heteroatoms. The van der Waals surface area contributed by atoms with E-state index in [9.17, 15) is 5.11 Å². The van der Waals surface area contributed by atoms with Crippen molar-refractivity contribution in [3.8, 4) is 11.4 Å². The number of hydrogen-bond acceptors (Lipinski definition) is 6. The summed E-state index contributed by atoms with van der Waals surface area (Å²) in [6.07, 6.45) is 1.71. The summed E-state index contributed by atoms with van der Waals surface area (Å²) in [5.41, 5.74) is 0.758. The largest absolute Gasteiger partial charge is 0.508 e. The van der Waals surface area contributed by atoms with Crippen molar-refractivity contribution in [2.75, 3.05) is 0 Å². The Morgan fingerprint density at radius 1 is 1.14 bits per heavy atom. The van der Waals surface area contributed by atoms with E-state index in [1.807, 2.05) is 6.07 Å². The van der Waals surface area contributed by atoms with Gasteiger partial charge in [0, 0.05) is 10.7 Å². The molecule has 1 aromatic carbocycles. The smallest absolute Gasteiger partial charge is 0.220 e. The first-order valence-corrected chi connectivity index (χ1v) is 8.10. The van der Waals surface area contributed by atoms with Gasteiger partial charge in [0.15, 0.2) is 0 Å². The van der Waals surface area contributed by atoms with Crippen molar-refractivity contribution in [2.45, 2.75) is 10.2 Å². The van der Waals surface area contributed by atoms with Crippen LogP contribution in [0.2, 0.25) is 0 Å². The predicted molar refractivity (Wildman–Crippen MR) is 84.6 cm³/mol. The number of benzene rings is 1. The van der Waals surface area contributed by atoms with E-state index in [1.165, 1.54) is 11.8 Å². The first-order valence-electron chi connectivity index (χ1n) is 5.70. The van der Waals surface area contributed by atoms with Gasteiger partial charge in [-0.2, -0.15) is 4.68 Å².